The van der Waals surface area contributed by atoms with Crippen LogP contribution in [0.5, 0.6) is 5.75 Å². The largest absolute Gasteiger partial charge is 0.491 e. The number of Topliss-reactive ketones (excluding diaryl/α,β-unsaturated/α-hetero) is 1. The molecule has 0 atom stereocenters. The van der Waals surface area contributed by atoms with Crippen molar-refractivity contribution in [3.8, 4) is 5.75 Å². The SMILES string of the molecule is CCCCN1C(=O)CCOc2ccc(C(C)=O)cc21. The second kappa shape index (κ2) is 5.87. The van der Waals surface area contributed by atoms with E-state index < -0.39 is 0 Å². The molecule has 4 heteroatoms. The van der Waals surface area contributed by atoms with Crippen molar-refractivity contribution in [3.05, 3.63) is 23.8 Å². The van der Waals surface area contributed by atoms with E-state index in [1.807, 2.05) is 0 Å². The highest BCUT2D eigenvalue weighted by Crippen LogP contribution is 2.32. The third-order valence-electron chi connectivity index (χ3n) is 3.27. The highest BCUT2D eigenvalue weighted by molar-refractivity contribution is 5.99. The number of ether oxygens (including phenoxy) is 1. The van der Waals surface area contributed by atoms with Gasteiger partial charge in [-0.2, -0.15) is 0 Å². The molecule has 0 saturated heterocycles. The quantitative estimate of drug-likeness (QED) is 0.783. The van der Waals surface area contributed by atoms with E-state index in [1.54, 1.807) is 23.1 Å². The number of carbonyl (C=O) groups excluding carboxylic acids is 2. The zero-order chi connectivity index (χ0) is 13.8. The molecule has 1 aliphatic heterocycles. The van der Waals surface area contributed by atoms with Gasteiger partial charge in [-0.1, -0.05) is 13.3 Å². The van der Waals surface area contributed by atoms with Crippen LogP contribution in [0.4, 0.5) is 5.69 Å². The minimum atomic E-state index is -0.00469. The van der Waals surface area contributed by atoms with Crippen LogP contribution in [-0.4, -0.2) is 24.8 Å². The molecule has 1 aliphatic rings. The van der Waals surface area contributed by atoms with Crippen molar-refractivity contribution < 1.29 is 14.3 Å². The van der Waals surface area contributed by atoms with E-state index in [0.717, 1.165) is 18.5 Å². The van der Waals surface area contributed by atoms with Crippen LogP contribution in [0.25, 0.3) is 0 Å². The Hall–Kier alpha value is -1.84. The lowest BCUT2D eigenvalue weighted by atomic mass is 10.1. The Labute approximate surface area is 113 Å². The molecule has 2 rings (SSSR count). The first kappa shape index (κ1) is 13.6. The lowest BCUT2D eigenvalue weighted by molar-refractivity contribution is -0.118. The van der Waals surface area contributed by atoms with Crippen LogP contribution in [-0.2, 0) is 4.79 Å². The summed E-state index contributed by atoms with van der Waals surface area (Å²) in [5.41, 5.74) is 1.34. The van der Waals surface area contributed by atoms with Crippen molar-refractivity contribution in [2.75, 3.05) is 18.1 Å². The van der Waals surface area contributed by atoms with Crippen LogP contribution in [0.15, 0.2) is 18.2 Å². The highest BCUT2D eigenvalue weighted by atomic mass is 16.5. The summed E-state index contributed by atoms with van der Waals surface area (Å²) in [6, 6.07) is 5.29. The van der Waals surface area contributed by atoms with Gasteiger partial charge in [0.05, 0.1) is 18.7 Å². The Kier molecular flexibility index (Phi) is 4.20. The molecule has 0 bridgehead atoms. The summed E-state index contributed by atoms with van der Waals surface area (Å²) in [7, 11) is 0. The maximum Gasteiger partial charge on any atom is 0.230 e. The van der Waals surface area contributed by atoms with Crippen molar-refractivity contribution in [1.29, 1.82) is 0 Å². The fourth-order valence-corrected chi connectivity index (χ4v) is 2.15. The Morgan fingerprint density at radius 3 is 2.89 bits per heavy atom. The van der Waals surface area contributed by atoms with E-state index in [-0.39, 0.29) is 11.7 Å². The molecular formula is C15H19NO3. The van der Waals surface area contributed by atoms with Crippen LogP contribution < -0.4 is 9.64 Å². The number of rotatable bonds is 4. The van der Waals surface area contributed by atoms with Gasteiger partial charge >= 0.3 is 0 Å². The lowest BCUT2D eigenvalue weighted by Crippen LogP contribution is -2.31. The molecule has 102 valence electrons. The van der Waals surface area contributed by atoms with Gasteiger partial charge in [0.25, 0.3) is 0 Å². The van der Waals surface area contributed by atoms with E-state index in [2.05, 4.69) is 6.92 Å². The van der Waals surface area contributed by atoms with E-state index in [1.165, 1.54) is 6.92 Å². The number of benzene rings is 1. The molecule has 4 nitrogen and oxygen atoms in total. The second-order valence-electron chi connectivity index (χ2n) is 4.74. The summed E-state index contributed by atoms with van der Waals surface area (Å²) in [5, 5.41) is 0. The molecule has 0 N–H and O–H groups in total. The first-order valence-electron chi connectivity index (χ1n) is 6.71. The van der Waals surface area contributed by atoms with Gasteiger partial charge in [0.2, 0.25) is 5.91 Å². The third-order valence-corrected chi connectivity index (χ3v) is 3.27. The van der Waals surface area contributed by atoms with Crippen LogP contribution in [0.2, 0.25) is 0 Å². The monoisotopic (exact) mass is 261 g/mol. The number of anilines is 1. The molecule has 0 aliphatic carbocycles. The Morgan fingerprint density at radius 1 is 1.42 bits per heavy atom. The van der Waals surface area contributed by atoms with Crippen LogP contribution >= 0.6 is 0 Å². The number of hydrogen-bond acceptors (Lipinski definition) is 3. The minimum absolute atomic E-state index is 0.00469. The van der Waals surface area contributed by atoms with Gasteiger partial charge in [0.1, 0.15) is 5.75 Å². The summed E-state index contributed by atoms with van der Waals surface area (Å²) >= 11 is 0. The molecule has 0 spiro atoms. The van der Waals surface area contributed by atoms with Gasteiger partial charge in [0.15, 0.2) is 5.78 Å². The number of hydrogen-bond donors (Lipinski definition) is 0. The lowest BCUT2D eigenvalue weighted by Gasteiger charge is -2.22. The molecule has 19 heavy (non-hydrogen) atoms. The molecule has 1 heterocycles. The van der Waals surface area contributed by atoms with Gasteiger partial charge in [-0.25, -0.2) is 0 Å². The van der Waals surface area contributed by atoms with Crippen molar-refractivity contribution >= 4 is 17.4 Å². The molecule has 0 unspecified atom stereocenters. The van der Waals surface area contributed by atoms with Crippen LogP contribution in [0.3, 0.4) is 0 Å². The molecule has 0 aromatic heterocycles. The van der Waals surface area contributed by atoms with Gasteiger partial charge in [-0.15, -0.1) is 0 Å². The number of ketones is 1. The summed E-state index contributed by atoms with van der Waals surface area (Å²) in [6.07, 6.45) is 2.34. The zero-order valence-corrected chi connectivity index (χ0v) is 11.4. The zero-order valence-electron chi connectivity index (χ0n) is 11.4. The average Bonchev–Trinajstić information content (AvgIpc) is 2.54. The van der Waals surface area contributed by atoms with Gasteiger partial charge in [-0.05, 0) is 31.5 Å². The van der Waals surface area contributed by atoms with E-state index in [0.29, 0.717) is 30.9 Å². The molecular weight excluding hydrogens is 242 g/mol. The predicted molar refractivity (Wildman–Crippen MR) is 73.8 cm³/mol. The first-order valence-corrected chi connectivity index (χ1v) is 6.71. The van der Waals surface area contributed by atoms with E-state index in [4.69, 9.17) is 4.74 Å². The van der Waals surface area contributed by atoms with Crippen molar-refractivity contribution in [2.45, 2.75) is 33.1 Å². The number of fused-ring (bicyclic) bond motifs is 1. The van der Waals surface area contributed by atoms with Crippen molar-refractivity contribution in [3.63, 3.8) is 0 Å². The Balaban J connectivity index is 2.40. The second-order valence-corrected chi connectivity index (χ2v) is 4.74. The number of carbonyl (C=O) groups is 2. The maximum absolute atomic E-state index is 12.1. The van der Waals surface area contributed by atoms with E-state index in [9.17, 15) is 9.59 Å². The standard InChI is InChI=1S/C15H19NO3/c1-3-4-8-16-13-10-12(11(2)17)5-6-14(13)19-9-7-15(16)18/h5-6,10H,3-4,7-9H2,1-2H3. The smallest absolute Gasteiger partial charge is 0.230 e. The maximum atomic E-state index is 12.1. The van der Waals surface area contributed by atoms with Crippen molar-refractivity contribution in [2.24, 2.45) is 0 Å². The fourth-order valence-electron chi connectivity index (χ4n) is 2.15. The Morgan fingerprint density at radius 2 is 2.21 bits per heavy atom. The predicted octanol–water partition coefficient (Wildman–Crippen LogP) is 2.80. The molecule has 1 amide bonds. The molecule has 0 radical (unpaired) electrons. The molecule has 1 aromatic carbocycles. The normalized spacial score (nSPS) is 14.6. The van der Waals surface area contributed by atoms with Crippen LogP contribution in [0.1, 0.15) is 43.5 Å². The molecule has 0 fully saturated rings. The molecule has 0 saturated carbocycles. The Bertz CT molecular complexity index is 496. The number of nitrogens with zero attached hydrogens (tertiary/aromatic N) is 1. The van der Waals surface area contributed by atoms with Crippen LogP contribution in [0, 0.1) is 0 Å². The highest BCUT2D eigenvalue weighted by Gasteiger charge is 2.23. The summed E-state index contributed by atoms with van der Waals surface area (Å²) in [4.78, 5) is 25.3. The first-order chi connectivity index (χ1) is 9.13. The van der Waals surface area contributed by atoms with Gasteiger partial charge < -0.3 is 9.64 Å². The third kappa shape index (κ3) is 2.95. The number of amides is 1. The van der Waals surface area contributed by atoms with Gasteiger partial charge in [-0.3, -0.25) is 9.59 Å². The summed E-state index contributed by atoms with van der Waals surface area (Å²) in [5.74, 6) is 0.745. The topological polar surface area (TPSA) is 46.6 Å². The number of unbranched alkanes of at least 4 members (excludes halogenated alkanes) is 1. The minimum Gasteiger partial charge on any atom is -0.491 e. The van der Waals surface area contributed by atoms with E-state index >= 15 is 0 Å². The average molecular weight is 261 g/mol. The molecule has 1 aromatic rings. The van der Waals surface area contributed by atoms with Crippen molar-refractivity contribution in [1.82, 2.24) is 0 Å². The summed E-state index contributed by atoms with van der Waals surface area (Å²) in [6.45, 7) is 4.68. The summed E-state index contributed by atoms with van der Waals surface area (Å²) < 4.78 is 5.59. The fraction of sp³-hybridized carbons (Fsp3) is 0.467. The van der Waals surface area contributed by atoms with Gasteiger partial charge in [0, 0.05) is 12.1 Å².